The van der Waals surface area contributed by atoms with E-state index in [1.165, 1.54) is 12.0 Å². The van der Waals surface area contributed by atoms with Crippen LogP contribution in [0.4, 0.5) is 13.2 Å². The zero-order valence-corrected chi connectivity index (χ0v) is 67.8. The van der Waals surface area contributed by atoms with E-state index >= 15 is 0 Å². The lowest BCUT2D eigenvalue weighted by Gasteiger charge is -2.34. The van der Waals surface area contributed by atoms with Crippen LogP contribution in [0, 0.1) is 19.3 Å². The fraction of sp³-hybridized carbons (Fsp3) is 0.389. The maximum Gasteiger partial charge on any atom is 0.270 e. The minimum absolute atomic E-state index is 0.00655. The summed E-state index contributed by atoms with van der Waals surface area (Å²) >= 11 is 0. The summed E-state index contributed by atoms with van der Waals surface area (Å²) in [4.78, 5) is 114. The Morgan fingerprint density at radius 1 is 0.397 bits per heavy atom. The molecule has 12 aromatic rings. The van der Waals surface area contributed by atoms with Crippen LogP contribution in [0.15, 0.2) is 177 Å². The zero-order valence-electron chi connectivity index (χ0n) is 67.8. The predicted molar refractivity (Wildman–Crippen MR) is 444 cm³/mol. The molecule has 0 saturated carbocycles. The van der Waals surface area contributed by atoms with Crippen LogP contribution in [0.1, 0.15) is 200 Å². The summed E-state index contributed by atoms with van der Waals surface area (Å²) in [6, 6.07) is 34.7. The first-order valence-electron chi connectivity index (χ1n) is 40.1. The number of aromatic nitrogens is 11. The molecule has 0 aliphatic carbocycles. The summed E-state index contributed by atoms with van der Waals surface area (Å²) in [7, 11) is 0. The molecular weight excluding hydrogens is 1470 g/mol. The lowest BCUT2D eigenvalue weighted by Crippen LogP contribution is -2.43. The molecule has 4 saturated heterocycles. The van der Waals surface area contributed by atoms with Crippen molar-refractivity contribution in [1.29, 1.82) is 0 Å². The minimum Gasteiger partial charge on any atom is -0.350 e. The van der Waals surface area contributed by atoms with E-state index in [4.69, 9.17) is 0 Å². The topological polar surface area (TPSA) is 249 Å². The van der Waals surface area contributed by atoms with Gasteiger partial charge in [-0.15, -0.1) is 0 Å². The minimum atomic E-state index is -1.20. The summed E-state index contributed by atoms with van der Waals surface area (Å²) in [5.41, 5.74) is 8.14. The van der Waals surface area contributed by atoms with Crippen LogP contribution < -0.4 is 10.6 Å². The molecule has 2 N–H and O–H groups in total. The Morgan fingerprint density at radius 3 is 1.03 bits per heavy atom. The number of carbonyl (C=O) groups is 6. The molecule has 23 nitrogen and oxygen atoms in total. The number of halogens is 3. The highest BCUT2D eigenvalue weighted by Crippen LogP contribution is 2.32. The molecule has 26 heteroatoms. The molecule has 6 amide bonds. The SMILES string of the molecule is CC(C)(C)CNC(=O)c1ccc(-n2ccc3cc(C(=O)N4CCC(C)(F)CC4)cnc32)cn1.CCC(CC)NC(=O)c1ccc(-n2ccc3cc(C(=O)N4CCC(C)(F)CC4)cnc32)cn1.Cc1ccc(-n2ccc3cc(C(=O)N4CCC(C)(F)CC4)cnc32)cn1.Cc1ccc(-n2ccc3cc(C(=O)N4CCCCC4)cnc32)cc1. The van der Waals surface area contributed by atoms with Gasteiger partial charge in [0.1, 0.15) is 51.0 Å². The Morgan fingerprint density at radius 2 is 0.716 bits per heavy atom. The van der Waals surface area contributed by atoms with Crippen molar-refractivity contribution in [2.24, 2.45) is 5.41 Å². The first-order valence-corrected chi connectivity index (χ1v) is 40.1. The first-order chi connectivity index (χ1) is 55.5. The maximum absolute atomic E-state index is 14.1. The lowest BCUT2D eigenvalue weighted by molar-refractivity contribution is 0.0493. The summed E-state index contributed by atoms with van der Waals surface area (Å²) < 4.78 is 49.8. The van der Waals surface area contributed by atoms with E-state index < -0.39 is 17.0 Å². The molecule has 15 heterocycles. The Hall–Kier alpha value is -12.0. The number of hydrogen-bond donors (Lipinski definition) is 2. The van der Waals surface area contributed by atoms with Crippen LogP contribution in [0.5, 0.6) is 0 Å². The van der Waals surface area contributed by atoms with Crippen molar-refractivity contribution in [3.8, 4) is 22.7 Å². The number of fused-ring (bicyclic) bond motifs is 4. The number of nitrogens with one attached hydrogen (secondary N) is 2. The summed E-state index contributed by atoms with van der Waals surface area (Å²) in [6.07, 6.45) is 26.5. The summed E-state index contributed by atoms with van der Waals surface area (Å²) in [5.74, 6) is -0.616. The van der Waals surface area contributed by atoms with Gasteiger partial charge in [0.25, 0.3) is 35.4 Å². The molecule has 1 aromatic carbocycles. The molecule has 0 radical (unpaired) electrons. The molecule has 0 spiro atoms. The number of likely N-dealkylation sites (tertiary alicyclic amines) is 4. The van der Waals surface area contributed by atoms with Gasteiger partial charge in [0, 0.05) is 147 Å². The normalized spacial score (nSPS) is 15.9. The van der Waals surface area contributed by atoms with Gasteiger partial charge in [-0.2, -0.15) is 0 Å². The van der Waals surface area contributed by atoms with Gasteiger partial charge in [0.15, 0.2) is 0 Å². The monoisotopic (exact) mass is 1570 g/mol. The molecule has 4 fully saturated rings. The van der Waals surface area contributed by atoms with Gasteiger partial charge in [-0.3, -0.25) is 47.5 Å². The van der Waals surface area contributed by atoms with E-state index in [1.54, 1.807) is 91.0 Å². The second-order valence-corrected chi connectivity index (χ2v) is 32.8. The van der Waals surface area contributed by atoms with Gasteiger partial charge in [0.05, 0.1) is 57.9 Å². The Labute approximate surface area is 673 Å². The molecule has 0 unspecified atom stereocenters. The summed E-state index contributed by atoms with van der Waals surface area (Å²) in [5, 5.41) is 9.41. The number of benzene rings is 1. The third kappa shape index (κ3) is 19.7. The van der Waals surface area contributed by atoms with Gasteiger partial charge >= 0.3 is 0 Å². The smallest absolute Gasteiger partial charge is 0.270 e. The van der Waals surface area contributed by atoms with E-state index in [0.29, 0.717) is 129 Å². The quantitative estimate of drug-likeness (QED) is 0.103. The van der Waals surface area contributed by atoms with E-state index in [2.05, 4.69) is 102 Å². The zero-order chi connectivity index (χ0) is 82.2. The molecule has 11 aromatic heterocycles. The molecule has 116 heavy (non-hydrogen) atoms. The van der Waals surface area contributed by atoms with Crippen molar-refractivity contribution in [1.82, 2.24) is 83.4 Å². The van der Waals surface area contributed by atoms with Crippen molar-refractivity contribution in [3.05, 3.63) is 222 Å². The highest BCUT2D eigenvalue weighted by Gasteiger charge is 2.35. The molecule has 4 aliphatic rings. The summed E-state index contributed by atoms with van der Waals surface area (Å²) in [6.45, 7) is 23.9. The number of aryl methyl sites for hydroxylation is 2. The van der Waals surface area contributed by atoms with Crippen LogP contribution in [0.2, 0.25) is 0 Å². The second-order valence-electron chi connectivity index (χ2n) is 32.8. The van der Waals surface area contributed by atoms with Crippen LogP contribution in [-0.4, -0.2) is 190 Å². The Bertz CT molecular complexity index is 5490. The van der Waals surface area contributed by atoms with Gasteiger partial charge in [-0.05, 0) is 208 Å². The van der Waals surface area contributed by atoms with Crippen molar-refractivity contribution in [3.63, 3.8) is 0 Å². The predicted octanol–water partition coefficient (Wildman–Crippen LogP) is 16.1. The van der Waals surface area contributed by atoms with Crippen LogP contribution >= 0.6 is 0 Å². The second kappa shape index (κ2) is 35.0. The van der Waals surface area contributed by atoms with E-state index in [-0.39, 0.29) is 46.9 Å². The largest absolute Gasteiger partial charge is 0.350 e. The molecule has 16 rings (SSSR count). The van der Waals surface area contributed by atoms with E-state index in [0.717, 1.165) is 100 Å². The molecule has 0 bridgehead atoms. The van der Waals surface area contributed by atoms with E-state index in [9.17, 15) is 41.9 Å². The number of hydrogen-bond acceptors (Lipinski definition) is 13. The number of nitrogens with zero attached hydrogens (tertiary/aromatic N) is 15. The first kappa shape index (κ1) is 82.0. The lowest BCUT2D eigenvalue weighted by atomic mass is 9.95. The Balaban J connectivity index is 0.000000136. The van der Waals surface area contributed by atoms with Crippen LogP contribution in [0.25, 0.3) is 66.9 Å². The molecule has 0 atom stereocenters. The van der Waals surface area contributed by atoms with Gasteiger partial charge in [-0.25, -0.2) is 43.1 Å². The third-order valence-corrected chi connectivity index (χ3v) is 22.1. The highest BCUT2D eigenvalue weighted by atomic mass is 19.2. The van der Waals surface area contributed by atoms with E-state index in [1.807, 2.05) is 137 Å². The number of carbonyl (C=O) groups excluding carboxylic acids is 6. The standard InChI is InChI=1S/2C25H30FN5O2.C20H21FN4O.C20H21N3O/c1-24(2,3)16-29-22(32)20-6-5-19(15-27-20)31-10-7-17-13-18(14-28-21(17)31)23(33)30-11-8-25(4,26)9-12-30;1-4-19(5-2)29-23(32)21-7-6-20(16-27-21)31-11-8-17-14-18(15-28-22(17)31)24(33)30-12-9-25(3,26)10-13-30;1-14-3-4-17(13-22-14)25-8-5-15-11-16(12-23-18(15)25)19(26)24-9-6-20(2,21)7-10-24;1-15-5-7-18(8-6-15)23-12-9-16-13-17(14-21-19(16)23)20(24)22-10-3-2-4-11-22/h5-7,10,13-15H,8-9,11-12,16H2,1-4H3,(H,29,32);6-8,11,14-16,19H,4-5,9-10,12-13H2,1-3H3,(H,29,32);3-5,8,11-13H,6-7,9-10H2,1-2H3;5-9,12-14H,2-4,10-11H2,1H3. The van der Waals surface area contributed by atoms with Crippen LogP contribution in [-0.2, 0) is 0 Å². The average Bonchev–Trinajstić information content (AvgIpc) is 1.65. The number of amides is 6. The molecule has 604 valence electrons. The number of rotatable bonds is 14. The Kier molecular flexibility index (Phi) is 24.8. The van der Waals surface area contributed by atoms with Gasteiger partial charge in [-0.1, -0.05) is 52.3 Å². The van der Waals surface area contributed by atoms with Crippen molar-refractivity contribution >= 4 is 79.6 Å². The molecular formula is C90H102F3N17O6. The van der Waals surface area contributed by atoms with Gasteiger partial charge < -0.3 is 34.8 Å². The number of pyridine rings is 7. The van der Waals surface area contributed by atoms with Crippen LogP contribution in [0.3, 0.4) is 0 Å². The van der Waals surface area contributed by atoms with Crippen molar-refractivity contribution in [2.75, 3.05) is 58.9 Å². The average molecular weight is 1570 g/mol. The van der Waals surface area contributed by atoms with Crippen molar-refractivity contribution in [2.45, 2.75) is 163 Å². The third-order valence-electron chi connectivity index (χ3n) is 22.1. The molecule has 4 aliphatic heterocycles. The number of alkyl halides is 3. The van der Waals surface area contributed by atoms with Gasteiger partial charge in [0.2, 0.25) is 0 Å². The number of piperidine rings is 4. The van der Waals surface area contributed by atoms with Crippen molar-refractivity contribution < 1.29 is 41.9 Å². The highest BCUT2D eigenvalue weighted by molar-refractivity contribution is 6.00. The maximum atomic E-state index is 14.1. The fourth-order valence-electron chi connectivity index (χ4n) is 14.6. The fourth-order valence-corrected chi connectivity index (χ4v) is 14.6.